The number of hydrogen-bond acceptors (Lipinski definition) is 5. The molecule has 0 bridgehead atoms. The number of nitrogens with one attached hydrogen (secondary N) is 1. The third kappa shape index (κ3) is 2.71. The van der Waals surface area contributed by atoms with Gasteiger partial charge in [0.2, 0.25) is 6.79 Å². The minimum Gasteiger partial charge on any atom is -0.469 e. The van der Waals surface area contributed by atoms with Crippen molar-refractivity contribution in [2.24, 2.45) is 5.10 Å². The van der Waals surface area contributed by atoms with E-state index in [0.717, 1.165) is 0 Å². The highest BCUT2D eigenvalue weighted by molar-refractivity contribution is 6.32. The molecule has 1 aliphatic heterocycles. The van der Waals surface area contributed by atoms with Crippen LogP contribution in [0.25, 0.3) is 0 Å². The van der Waals surface area contributed by atoms with Crippen molar-refractivity contribution < 1.29 is 18.7 Å². The molecule has 108 valence electrons. The summed E-state index contributed by atoms with van der Waals surface area (Å²) in [6.45, 7) is 1.85. The van der Waals surface area contributed by atoms with Crippen LogP contribution in [0.2, 0.25) is 5.02 Å². The lowest BCUT2D eigenvalue weighted by molar-refractivity contribution is 0.0953. The van der Waals surface area contributed by atoms with Crippen LogP contribution >= 0.6 is 11.6 Å². The Kier molecular flexibility index (Phi) is 3.53. The van der Waals surface area contributed by atoms with Crippen LogP contribution in [0.5, 0.6) is 11.5 Å². The molecule has 0 radical (unpaired) electrons. The maximum atomic E-state index is 11.8. The highest BCUT2D eigenvalue weighted by atomic mass is 35.5. The molecular weight excluding hydrogens is 296 g/mol. The maximum Gasteiger partial charge on any atom is 0.274 e. The third-order valence-electron chi connectivity index (χ3n) is 2.93. The van der Waals surface area contributed by atoms with Gasteiger partial charge in [0.05, 0.1) is 23.1 Å². The van der Waals surface area contributed by atoms with Crippen LogP contribution < -0.4 is 14.9 Å². The van der Waals surface area contributed by atoms with Crippen molar-refractivity contribution in [1.29, 1.82) is 0 Å². The SMILES string of the molecule is Cc1occc1C(=O)N/N=C\c1cc(Cl)c2c(c1)OCO2. The number of nitrogens with zero attached hydrogens (tertiary/aromatic N) is 1. The molecule has 1 aromatic heterocycles. The lowest BCUT2D eigenvalue weighted by Gasteiger charge is -2.01. The molecule has 0 aliphatic carbocycles. The molecule has 1 N–H and O–H groups in total. The predicted molar refractivity (Wildman–Crippen MR) is 76.1 cm³/mol. The van der Waals surface area contributed by atoms with E-state index in [0.29, 0.717) is 33.4 Å². The van der Waals surface area contributed by atoms with Gasteiger partial charge in [0.1, 0.15) is 5.76 Å². The van der Waals surface area contributed by atoms with E-state index in [1.165, 1.54) is 12.5 Å². The first-order valence-electron chi connectivity index (χ1n) is 6.12. The second kappa shape index (κ2) is 5.49. The Morgan fingerprint density at radius 1 is 1.43 bits per heavy atom. The first-order chi connectivity index (χ1) is 10.1. The van der Waals surface area contributed by atoms with Gasteiger partial charge >= 0.3 is 0 Å². The molecule has 0 unspecified atom stereocenters. The lowest BCUT2D eigenvalue weighted by atomic mass is 10.2. The molecule has 0 atom stereocenters. The molecule has 21 heavy (non-hydrogen) atoms. The summed E-state index contributed by atoms with van der Waals surface area (Å²) in [6.07, 6.45) is 2.92. The van der Waals surface area contributed by atoms with E-state index >= 15 is 0 Å². The van der Waals surface area contributed by atoms with Crippen molar-refractivity contribution in [3.63, 3.8) is 0 Å². The van der Waals surface area contributed by atoms with Crippen LogP contribution in [-0.2, 0) is 0 Å². The van der Waals surface area contributed by atoms with E-state index in [1.54, 1.807) is 25.1 Å². The number of fused-ring (bicyclic) bond motifs is 1. The van der Waals surface area contributed by atoms with Crippen molar-refractivity contribution in [2.75, 3.05) is 6.79 Å². The van der Waals surface area contributed by atoms with Gasteiger partial charge in [-0.2, -0.15) is 5.10 Å². The molecule has 3 rings (SSSR count). The summed E-state index contributed by atoms with van der Waals surface area (Å²) >= 11 is 6.05. The standard InChI is InChI=1S/C14H11ClN2O4/c1-8-10(2-3-19-8)14(18)17-16-6-9-4-11(15)13-12(5-9)20-7-21-13/h2-6H,7H2,1H3,(H,17,18)/b16-6-. The molecular formula is C14H11ClN2O4. The number of benzene rings is 1. The van der Waals surface area contributed by atoms with Crippen LogP contribution in [0.15, 0.2) is 34.0 Å². The topological polar surface area (TPSA) is 73.1 Å². The normalized spacial score (nSPS) is 12.9. The average Bonchev–Trinajstić information content (AvgIpc) is 3.07. The Hall–Kier alpha value is -2.47. The van der Waals surface area contributed by atoms with Gasteiger partial charge in [0.25, 0.3) is 5.91 Å². The van der Waals surface area contributed by atoms with E-state index < -0.39 is 0 Å². The second-order valence-corrected chi connectivity index (χ2v) is 4.73. The van der Waals surface area contributed by atoms with Gasteiger partial charge in [-0.15, -0.1) is 0 Å². The molecule has 0 saturated carbocycles. The van der Waals surface area contributed by atoms with E-state index in [-0.39, 0.29) is 12.7 Å². The molecule has 0 fully saturated rings. The van der Waals surface area contributed by atoms with Crippen LogP contribution in [0, 0.1) is 6.92 Å². The number of furan rings is 1. The number of carbonyl (C=O) groups is 1. The summed E-state index contributed by atoms with van der Waals surface area (Å²) in [5.41, 5.74) is 3.55. The maximum absolute atomic E-state index is 11.8. The Bertz CT molecular complexity index is 724. The zero-order chi connectivity index (χ0) is 14.8. The molecule has 2 aromatic rings. The number of rotatable bonds is 3. The zero-order valence-corrected chi connectivity index (χ0v) is 11.8. The minimum absolute atomic E-state index is 0.145. The Balaban J connectivity index is 1.71. The summed E-state index contributed by atoms with van der Waals surface area (Å²) in [6, 6.07) is 4.98. The van der Waals surface area contributed by atoms with Gasteiger partial charge in [0, 0.05) is 0 Å². The highest BCUT2D eigenvalue weighted by Crippen LogP contribution is 2.39. The fourth-order valence-electron chi connectivity index (χ4n) is 1.91. The van der Waals surface area contributed by atoms with Crippen molar-refractivity contribution in [3.8, 4) is 11.5 Å². The van der Waals surface area contributed by atoms with Crippen molar-refractivity contribution in [2.45, 2.75) is 6.92 Å². The molecule has 7 heteroatoms. The largest absolute Gasteiger partial charge is 0.469 e. The van der Waals surface area contributed by atoms with E-state index in [4.69, 9.17) is 25.5 Å². The number of hydrazone groups is 1. The quantitative estimate of drug-likeness (QED) is 0.699. The van der Waals surface area contributed by atoms with Crippen LogP contribution in [-0.4, -0.2) is 18.9 Å². The first-order valence-corrected chi connectivity index (χ1v) is 6.49. The minimum atomic E-state index is -0.343. The molecule has 0 spiro atoms. The molecule has 1 aromatic carbocycles. The third-order valence-corrected chi connectivity index (χ3v) is 3.21. The fourth-order valence-corrected chi connectivity index (χ4v) is 2.18. The molecule has 2 heterocycles. The van der Waals surface area contributed by atoms with E-state index in [2.05, 4.69) is 10.5 Å². The summed E-state index contributed by atoms with van der Waals surface area (Å²) in [7, 11) is 0. The van der Waals surface area contributed by atoms with Gasteiger partial charge in [-0.3, -0.25) is 4.79 Å². The fraction of sp³-hybridized carbons (Fsp3) is 0.143. The zero-order valence-electron chi connectivity index (χ0n) is 11.1. The predicted octanol–water partition coefficient (Wildman–Crippen LogP) is 2.73. The Labute approximate surface area is 125 Å². The average molecular weight is 307 g/mol. The van der Waals surface area contributed by atoms with Crippen molar-refractivity contribution in [1.82, 2.24) is 5.43 Å². The summed E-state index contributed by atoms with van der Waals surface area (Å²) < 4.78 is 15.5. The smallest absolute Gasteiger partial charge is 0.274 e. The van der Waals surface area contributed by atoms with Gasteiger partial charge in [-0.25, -0.2) is 5.43 Å². The van der Waals surface area contributed by atoms with Crippen LogP contribution in [0.3, 0.4) is 0 Å². The first kappa shape index (κ1) is 13.5. The monoisotopic (exact) mass is 306 g/mol. The van der Waals surface area contributed by atoms with Crippen LogP contribution in [0.4, 0.5) is 0 Å². The highest BCUT2D eigenvalue weighted by Gasteiger charge is 2.17. The number of hydrogen-bond donors (Lipinski definition) is 1. The number of halogens is 1. The number of carbonyl (C=O) groups excluding carboxylic acids is 1. The van der Waals surface area contributed by atoms with Crippen LogP contribution in [0.1, 0.15) is 21.7 Å². The number of amides is 1. The molecule has 0 saturated heterocycles. The number of aryl methyl sites for hydroxylation is 1. The van der Waals surface area contributed by atoms with Crippen molar-refractivity contribution >= 4 is 23.7 Å². The Morgan fingerprint density at radius 3 is 3.05 bits per heavy atom. The molecule has 6 nitrogen and oxygen atoms in total. The van der Waals surface area contributed by atoms with E-state index in [9.17, 15) is 4.79 Å². The molecule has 1 amide bonds. The summed E-state index contributed by atoms with van der Waals surface area (Å²) in [4.78, 5) is 11.8. The summed E-state index contributed by atoms with van der Waals surface area (Å²) in [5.74, 6) is 1.27. The number of ether oxygens (including phenoxy) is 2. The molecule has 1 aliphatic rings. The van der Waals surface area contributed by atoms with E-state index in [1.807, 2.05) is 0 Å². The van der Waals surface area contributed by atoms with Gasteiger partial charge < -0.3 is 13.9 Å². The Morgan fingerprint density at radius 2 is 2.29 bits per heavy atom. The summed E-state index contributed by atoms with van der Waals surface area (Å²) in [5, 5.41) is 4.32. The van der Waals surface area contributed by atoms with Gasteiger partial charge in [-0.1, -0.05) is 11.6 Å². The van der Waals surface area contributed by atoms with Gasteiger partial charge in [-0.05, 0) is 30.7 Å². The van der Waals surface area contributed by atoms with Gasteiger partial charge in [0.15, 0.2) is 11.5 Å². The second-order valence-electron chi connectivity index (χ2n) is 4.33. The lowest BCUT2D eigenvalue weighted by Crippen LogP contribution is -2.17. The van der Waals surface area contributed by atoms with Crippen molar-refractivity contribution in [3.05, 3.63) is 46.4 Å².